The van der Waals surface area contributed by atoms with Crippen LogP contribution in [-0.4, -0.2) is 30.2 Å². The predicted molar refractivity (Wildman–Crippen MR) is 35.9 cm³/mol. The summed E-state index contributed by atoms with van der Waals surface area (Å²) in [6.45, 7) is 0. The van der Waals surface area contributed by atoms with Gasteiger partial charge in [0.15, 0.2) is 5.65 Å². The van der Waals surface area contributed by atoms with Crippen molar-refractivity contribution in [3.63, 3.8) is 0 Å². The van der Waals surface area contributed by atoms with Gasteiger partial charge in [0, 0.05) is 0 Å². The van der Waals surface area contributed by atoms with Crippen LogP contribution in [0.4, 0.5) is 9.59 Å². The molecule has 2 aliphatic rings. The van der Waals surface area contributed by atoms with E-state index < -0.39 is 30.2 Å². The Morgan fingerprint density at radius 2 is 1.83 bits per heavy atom. The number of amides is 5. The summed E-state index contributed by atoms with van der Waals surface area (Å²) in [5.74, 6) is -1.30. The third-order valence-corrected chi connectivity index (χ3v) is 1.34. The van der Waals surface area contributed by atoms with Gasteiger partial charge in [-0.3, -0.25) is 10.1 Å². The molecule has 2 fully saturated rings. The van der Waals surface area contributed by atoms with Crippen molar-refractivity contribution in [2.45, 2.75) is 12.2 Å². The van der Waals surface area contributed by atoms with Crippen LogP contribution < -0.4 is 21.2 Å². The van der Waals surface area contributed by atoms with Crippen molar-refractivity contribution in [2.75, 3.05) is 0 Å². The maximum absolute atomic E-state index is 11.5. The van der Waals surface area contributed by atoms with E-state index in [9.17, 15) is 14.4 Å². The Balaban J connectivity index is 2.57. The molecule has 2 unspecified atom stereocenters. The lowest BCUT2D eigenvalue weighted by Gasteiger charge is -2.23. The Kier molecular flexibility index (Phi) is 0.576. The lowest BCUT2D eigenvalue weighted by molar-refractivity contribution is -0.122. The summed E-state index contributed by atoms with van der Waals surface area (Å²) in [5, 5.41) is -0.456. The molecule has 0 aromatic rings. The average Bonchev–Trinajstić information content (AvgIpc) is 2.47. The third-order valence-electron chi connectivity index (χ3n) is 1.34. The molecule has 2 heterocycles. The number of hydrogen-bond acceptors (Lipinski definition) is 3. The third kappa shape index (κ3) is 0.865. The van der Waals surface area contributed by atoms with Gasteiger partial charge in [0.2, 0.25) is 0 Å². The first kappa shape index (κ1) is 3.30. The summed E-state index contributed by atoms with van der Waals surface area (Å²) in [5.41, 5.74) is 0. The van der Waals surface area contributed by atoms with E-state index in [0.717, 1.165) is 0 Å². The Morgan fingerprint density at radius 1 is 1.17 bits per heavy atom. The lowest BCUT2D eigenvalue weighted by atomic mass is 10.2. The Morgan fingerprint density at radius 3 is 2.58 bits per heavy atom. The van der Waals surface area contributed by atoms with Gasteiger partial charge in [-0.05, 0) is 0 Å². The van der Waals surface area contributed by atoms with Gasteiger partial charge in [-0.15, -0.1) is 0 Å². The molecule has 7 nitrogen and oxygen atoms in total. The number of nitrogens with one attached hydrogen (secondary N) is 4. The average molecular weight is 175 g/mol. The Labute approximate surface area is 74.1 Å². The summed E-state index contributed by atoms with van der Waals surface area (Å²) >= 11 is 0. The van der Waals surface area contributed by atoms with Gasteiger partial charge < -0.3 is 15.9 Å². The van der Waals surface area contributed by atoms with Crippen molar-refractivity contribution >= 4 is 18.0 Å². The molecule has 7 heteroatoms. The zero-order chi connectivity index (χ0) is 13.1. The molecular formula is C5H6N4O3. The van der Waals surface area contributed by atoms with E-state index >= 15 is 0 Å². The van der Waals surface area contributed by atoms with Gasteiger partial charge in [0.05, 0.1) is 1.37 Å². The van der Waals surface area contributed by atoms with Crippen LogP contribution in [0.2, 0.25) is 5.65 Å². The van der Waals surface area contributed by atoms with Crippen molar-refractivity contribution in [1.82, 2.24) is 21.2 Å². The SMILES string of the molecule is [2H]N1C(=O)C2N([2H])C(=O)N([2H])C2([2H])N([2H])C1=O. The van der Waals surface area contributed by atoms with E-state index in [1.54, 1.807) is 0 Å². The molecule has 2 saturated heterocycles. The highest BCUT2D eigenvalue weighted by Crippen LogP contribution is 2.02. The molecule has 5 amide bonds. The van der Waals surface area contributed by atoms with E-state index in [0.29, 0.717) is 0 Å². The van der Waals surface area contributed by atoms with E-state index in [1.807, 2.05) is 0 Å². The summed E-state index contributed by atoms with van der Waals surface area (Å²) in [7, 11) is 0. The molecule has 4 N–H and O–H groups in total. The Bertz CT molecular complexity index is 434. The van der Waals surface area contributed by atoms with Crippen LogP contribution >= 0.6 is 0 Å². The highest BCUT2D eigenvalue weighted by atomic mass is 16.2. The van der Waals surface area contributed by atoms with E-state index in [-0.39, 0.29) is 21.2 Å². The second-order valence-corrected chi connectivity index (χ2v) is 2.13. The molecule has 0 aromatic heterocycles. The monoisotopic (exact) mass is 175 g/mol. The molecule has 64 valence electrons. The molecule has 0 spiro atoms. The molecule has 0 saturated carbocycles. The minimum atomic E-state index is -2.65. The van der Waals surface area contributed by atoms with Crippen LogP contribution in [0.15, 0.2) is 0 Å². The van der Waals surface area contributed by atoms with Gasteiger partial charge in [0.1, 0.15) is 12.2 Å². The predicted octanol–water partition coefficient (Wildman–Crippen LogP) is -2.17. The van der Waals surface area contributed by atoms with Gasteiger partial charge >= 0.3 is 12.1 Å². The van der Waals surface area contributed by atoms with Crippen molar-refractivity contribution < 1.29 is 21.4 Å². The number of hydrogen-bond donors (Lipinski definition) is 4. The quantitative estimate of drug-likeness (QED) is 0.337. The minimum absolute atomic E-state index is 0.0118. The number of carbonyl (C=O) groups excluding carboxylic acids is 3. The van der Waals surface area contributed by atoms with Crippen LogP contribution in [0.3, 0.4) is 0 Å². The molecule has 2 aliphatic heterocycles. The lowest BCUT2D eigenvalue weighted by Crippen LogP contribution is -2.64. The molecule has 0 bridgehead atoms. The number of fused-ring (bicyclic) bond motifs is 1. The standard InChI is InChI=1S/C5H6N4O3/c10-3-1-2(7-4(11)6-1)8-5(12)9-3/h1-2H,(H2,6,7,11)(H2,8,9,10,12)/i2D/hD4. The van der Waals surface area contributed by atoms with Gasteiger partial charge in [-0.2, -0.15) is 0 Å². The number of imide groups is 1. The van der Waals surface area contributed by atoms with Gasteiger partial charge in [-0.25, -0.2) is 9.59 Å². The molecule has 0 aliphatic carbocycles. The van der Waals surface area contributed by atoms with Crippen LogP contribution in [0.1, 0.15) is 1.37 Å². The molecule has 12 heavy (non-hydrogen) atoms. The fraction of sp³-hybridized carbons (Fsp3) is 0.400. The number of rotatable bonds is 0. The first-order chi connectivity index (χ1) is 7.74. The maximum Gasteiger partial charge on any atom is 0.323 e. The van der Waals surface area contributed by atoms with E-state index in [4.69, 9.17) is 7.02 Å². The molecule has 0 radical (unpaired) electrons. The smallest absolute Gasteiger partial charge is 0.323 e. The maximum atomic E-state index is 11.5. The highest BCUT2D eigenvalue weighted by molar-refractivity contribution is 6.03. The van der Waals surface area contributed by atoms with E-state index in [1.165, 1.54) is 0 Å². The molecule has 2 rings (SSSR count). The first-order valence-electron chi connectivity index (χ1n) is 5.30. The van der Waals surface area contributed by atoms with Gasteiger partial charge in [-0.1, -0.05) is 0 Å². The second kappa shape index (κ2) is 2.10. The molecule has 2 atom stereocenters. The Hall–Kier alpha value is -1.79. The minimum Gasteiger partial charge on any atom is -0.323 e. The first-order valence-corrected chi connectivity index (χ1v) is 3.01. The highest BCUT2D eigenvalue weighted by Gasteiger charge is 2.41. The van der Waals surface area contributed by atoms with Crippen LogP contribution in [0.5, 0.6) is 0 Å². The largest absolute Gasteiger partial charge is 0.323 e. The summed E-state index contributed by atoms with van der Waals surface area (Å²) in [6, 6.07) is -4.67. The van der Waals surface area contributed by atoms with Crippen molar-refractivity contribution in [3.8, 4) is 0 Å². The summed E-state index contributed by atoms with van der Waals surface area (Å²) in [4.78, 5) is 34.1. The molecular weight excluding hydrogens is 164 g/mol. The number of carbonyl (C=O) groups is 3. The molecule has 0 aromatic carbocycles. The van der Waals surface area contributed by atoms with Crippen molar-refractivity contribution in [3.05, 3.63) is 0 Å². The van der Waals surface area contributed by atoms with Crippen molar-refractivity contribution in [1.29, 1.82) is 0 Å². The zero-order valence-corrected chi connectivity index (χ0v) is 5.59. The van der Waals surface area contributed by atoms with Crippen LogP contribution in [-0.2, 0) is 4.79 Å². The summed E-state index contributed by atoms with van der Waals surface area (Å²) < 4.78 is 36.6. The fourth-order valence-corrected chi connectivity index (χ4v) is 0.886. The second-order valence-electron chi connectivity index (χ2n) is 2.13. The number of urea groups is 2. The zero-order valence-electron chi connectivity index (χ0n) is 10.6. The topological polar surface area (TPSA) is 99.3 Å². The van der Waals surface area contributed by atoms with Gasteiger partial charge in [0.25, 0.3) is 5.91 Å². The fourth-order valence-electron chi connectivity index (χ4n) is 0.886. The van der Waals surface area contributed by atoms with Crippen LogP contribution in [0.25, 0.3) is 0 Å². The van der Waals surface area contributed by atoms with Crippen molar-refractivity contribution in [2.24, 2.45) is 0 Å². The van der Waals surface area contributed by atoms with Crippen LogP contribution in [0, 0.1) is 0 Å². The normalized spacial score (nSPS) is 48.2. The summed E-state index contributed by atoms with van der Waals surface area (Å²) in [6.07, 6.45) is -2.65. The van der Waals surface area contributed by atoms with E-state index in [2.05, 4.69) is 0 Å².